The molecule has 2 N–H and O–H groups in total. The molecule has 2 heterocycles. The molecule has 1 unspecified atom stereocenters. The molecule has 1 aliphatic heterocycles. The fraction of sp³-hybridized carbons (Fsp3) is 0.632. The Hall–Kier alpha value is -2.36. The van der Waals surface area contributed by atoms with Gasteiger partial charge in [0.25, 0.3) is 0 Å². The molecule has 0 saturated carbocycles. The number of hydrogen-bond acceptors (Lipinski definition) is 4. The lowest BCUT2D eigenvalue weighted by Gasteiger charge is -2.39. The molecule has 0 bridgehead atoms. The fourth-order valence-electron chi connectivity index (χ4n) is 3.04. The highest BCUT2D eigenvalue weighted by molar-refractivity contribution is 5.90. The highest BCUT2D eigenvalue weighted by atomic mass is 19.4. The Labute approximate surface area is 169 Å². The third kappa shape index (κ3) is 7.19. The van der Waals surface area contributed by atoms with Crippen LogP contribution in [0, 0.1) is 6.92 Å². The number of anilines is 1. The number of aliphatic imine (C=N–C) groups is 1. The number of carbonyl (C=O) groups excluding carboxylic acids is 1. The Morgan fingerprint density at radius 1 is 1.28 bits per heavy atom. The van der Waals surface area contributed by atoms with Crippen LogP contribution in [0.15, 0.2) is 23.2 Å². The number of pyridine rings is 1. The van der Waals surface area contributed by atoms with Crippen LogP contribution in [0.5, 0.6) is 0 Å². The third-order valence-corrected chi connectivity index (χ3v) is 4.73. The summed E-state index contributed by atoms with van der Waals surface area (Å²) in [6, 6.07) is 3.93. The largest absolute Gasteiger partial charge is 0.403 e. The molecule has 0 aliphatic carbocycles. The first-order valence-electron chi connectivity index (χ1n) is 9.78. The second kappa shape index (κ2) is 10.4. The molecule has 29 heavy (non-hydrogen) atoms. The van der Waals surface area contributed by atoms with Gasteiger partial charge in [-0.05, 0) is 32.9 Å². The van der Waals surface area contributed by atoms with Crippen LogP contribution in [0.3, 0.4) is 0 Å². The predicted molar refractivity (Wildman–Crippen MR) is 107 cm³/mol. The fourth-order valence-corrected chi connectivity index (χ4v) is 3.04. The van der Waals surface area contributed by atoms with Gasteiger partial charge in [-0.3, -0.25) is 14.7 Å². The predicted octanol–water partition coefficient (Wildman–Crippen LogP) is 2.25. The summed E-state index contributed by atoms with van der Waals surface area (Å²) in [4.78, 5) is 24.1. The van der Waals surface area contributed by atoms with Crippen molar-refractivity contribution in [2.24, 2.45) is 4.99 Å². The molecule has 1 aromatic rings. The Morgan fingerprint density at radius 3 is 2.55 bits per heavy atom. The molecule has 1 aromatic heterocycles. The molecule has 162 valence electrons. The minimum absolute atomic E-state index is 0.188. The lowest BCUT2D eigenvalue weighted by molar-refractivity contribution is -0.181. The van der Waals surface area contributed by atoms with Crippen LogP contribution in [0.4, 0.5) is 19.0 Å². The Bertz CT molecular complexity index is 701. The molecule has 1 amide bonds. The number of carbonyl (C=O) groups is 1. The van der Waals surface area contributed by atoms with Crippen molar-refractivity contribution in [1.29, 1.82) is 0 Å². The first-order chi connectivity index (χ1) is 13.7. The Morgan fingerprint density at radius 2 is 1.97 bits per heavy atom. The quantitative estimate of drug-likeness (QED) is 0.552. The number of aryl methyl sites for hydroxylation is 1. The molecule has 0 radical (unpaired) electrons. The lowest BCUT2D eigenvalue weighted by atomic mass is 10.2. The van der Waals surface area contributed by atoms with Crippen molar-refractivity contribution in [3.63, 3.8) is 0 Å². The van der Waals surface area contributed by atoms with Crippen LogP contribution < -0.4 is 10.6 Å². The zero-order chi connectivity index (χ0) is 21.4. The molecular formula is C19H29F3N6O. The van der Waals surface area contributed by atoms with Crippen molar-refractivity contribution in [2.75, 3.05) is 44.6 Å². The average molecular weight is 414 g/mol. The molecule has 10 heteroatoms. The number of guanidine groups is 1. The van der Waals surface area contributed by atoms with Crippen LogP contribution in [0.1, 0.15) is 26.0 Å². The van der Waals surface area contributed by atoms with Crippen molar-refractivity contribution in [1.82, 2.24) is 20.1 Å². The van der Waals surface area contributed by atoms with E-state index < -0.39 is 12.2 Å². The maximum atomic E-state index is 12.9. The molecule has 0 spiro atoms. The maximum Gasteiger partial charge on any atom is 0.403 e. The molecule has 1 atom stereocenters. The van der Waals surface area contributed by atoms with E-state index >= 15 is 0 Å². The molecule has 1 aliphatic rings. The van der Waals surface area contributed by atoms with Crippen LogP contribution in [0.25, 0.3) is 0 Å². The minimum atomic E-state index is -4.22. The van der Waals surface area contributed by atoms with Gasteiger partial charge < -0.3 is 15.5 Å². The summed E-state index contributed by atoms with van der Waals surface area (Å²) in [7, 11) is 0. The summed E-state index contributed by atoms with van der Waals surface area (Å²) in [5.41, 5.74) is 0.814. The van der Waals surface area contributed by atoms with Crippen molar-refractivity contribution in [3.8, 4) is 0 Å². The lowest BCUT2D eigenvalue weighted by Crippen LogP contribution is -2.56. The van der Waals surface area contributed by atoms with Gasteiger partial charge in [-0.1, -0.05) is 6.07 Å². The van der Waals surface area contributed by atoms with Gasteiger partial charge in [0.2, 0.25) is 5.91 Å². The minimum Gasteiger partial charge on any atom is -0.357 e. The highest BCUT2D eigenvalue weighted by Gasteiger charge is 2.41. The number of aromatic nitrogens is 1. The van der Waals surface area contributed by atoms with Gasteiger partial charge in [0.15, 0.2) is 5.96 Å². The number of alkyl halides is 3. The summed E-state index contributed by atoms with van der Waals surface area (Å²) >= 11 is 0. The number of nitrogens with zero attached hydrogens (tertiary/aromatic N) is 4. The maximum absolute atomic E-state index is 12.9. The van der Waals surface area contributed by atoms with Crippen LogP contribution >= 0.6 is 0 Å². The van der Waals surface area contributed by atoms with E-state index in [1.54, 1.807) is 6.07 Å². The number of amides is 1. The van der Waals surface area contributed by atoms with Gasteiger partial charge in [0.1, 0.15) is 11.9 Å². The first kappa shape index (κ1) is 22.9. The van der Waals surface area contributed by atoms with Gasteiger partial charge in [-0.2, -0.15) is 13.2 Å². The Kier molecular flexibility index (Phi) is 8.24. The van der Waals surface area contributed by atoms with Gasteiger partial charge in [0, 0.05) is 44.8 Å². The van der Waals surface area contributed by atoms with Gasteiger partial charge in [-0.25, -0.2) is 4.98 Å². The summed E-state index contributed by atoms with van der Waals surface area (Å²) < 4.78 is 38.7. The standard InChI is InChI=1S/C19H29F3N6O/c1-4-23-18(28-12-10-27(11-13-28)15(3)19(20,21)22)24-9-8-17(29)26-16-7-5-6-14(2)25-16/h5-7,15H,4,8-13H2,1-3H3,(H,23,24)(H,25,26,29). The number of hydrogen-bond donors (Lipinski definition) is 2. The van der Waals surface area contributed by atoms with E-state index in [-0.39, 0.29) is 18.9 Å². The number of piperazine rings is 1. The van der Waals surface area contributed by atoms with E-state index in [4.69, 9.17) is 0 Å². The van der Waals surface area contributed by atoms with E-state index in [0.29, 0.717) is 44.5 Å². The van der Waals surface area contributed by atoms with E-state index in [1.165, 1.54) is 11.8 Å². The van der Waals surface area contributed by atoms with Crippen molar-refractivity contribution in [2.45, 2.75) is 39.4 Å². The van der Waals surface area contributed by atoms with E-state index in [1.807, 2.05) is 30.9 Å². The molecule has 1 fully saturated rings. The van der Waals surface area contributed by atoms with Crippen LogP contribution in [-0.2, 0) is 4.79 Å². The molecule has 2 rings (SSSR count). The molecule has 0 aromatic carbocycles. The Balaban J connectivity index is 1.86. The van der Waals surface area contributed by atoms with Gasteiger partial charge >= 0.3 is 6.18 Å². The highest BCUT2D eigenvalue weighted by Crippen LogP contribution is 2.25. The van der Waals surface area contributed by atoms with Crippen LogP contribution in [0.2, 0.25) is 0 Å². The van der Waals surface area contributed by atoms with Gasteiger partial charge in [-0.15, -0.1) is 0 Å². The van der Waals surface area contributed by atoms with E-state index in [9.17, 15) is 18.0 Å². The number of rotatable bonds is 6. The SMILES string of the molecule is CCNC(=NCCC(=O)Nc1cccc(C)n1)N1CCN(C(C)C(F)(F)F)CC1. The molecular weight excluding hydrogens is 385 g/mol. The summed E-state index contributed by atoms with van der Waals surface area (Å²) in [6.07, 6.45) is -4.03. The summed E-state index contributed by atoms with van der Waals surface area (Å²) in [5, 5.41) is 5.88. The molecule has 7 nitrogen and oxygen atoms in total. The average Bonchev–Trinajstić information content (AvgIpc) is 2.66. The summed E-state index contributed by atoms with van der Waals surface area (Å²) in [6.45, 7) is 7.39. The zero-order valence-corrected chi connectivity index (χ0v) is 17.1. The monoisotopic (exact) mass is 414 g/mol. The summed E-state index contributed by atoms with van der Waals surface area (Å²) in [5.74, 6) is 0.931. The van der Waals surface area contributed by atoms with Crippen LogP contribution in [-0.4, -0.2) is 78.1 Å². The van der Waals surface area contributed by atoms with Gasteiger partial charge in [0.05, 0.1) is 6.54 Å². The first-order valence-corrected chi connectivity index (χ1v) is 9.78. The van der Waals surface area contributed by atoms with Crippen molar-refractivity contribution < 1.29 is 18.0 Å². The van der Waals surface area contributed by atoms with E-state index in [0.717, 1.165) is 5.69 Å². The second-order valence-electron chi connectivity index (χ2n) is 6.94. The normalized spacial score (nSPS) is 17.2. The van der Waals surface area contributed by atoms with Crippen molar-refractivity contribution >= 4 is 17.7 Å². The number of nitrogens with one attached hydrogen (secondary N) is 2. The smallest absolute Gasteiger partial charge is 0.357 e. The zero-order valence-electron chi connectivity index (χ0n) is 17.1. The topological polar surface area (TPSA) is 72.9 Å². The number of halogens is 3. The second-order valence-corrected chi connectivity index (χ2v) is 6.94. The van der Waals surface area contributed by atoms with Crippen molar-refractivity contribution in [3.05, 3.63) is 23.9 Å². The third-order valence-electron chi connectivity index (χ3n) is 4.73. The van der Waals surface area contributed by atoms with E-state index in [2.05, 4.69) is 20.6 Å². The molecule has 1 saturated heterocycles.